The zero-order valence-electron chi connectivity index (χ0n) is 58.9. The van der Waals surface area contributed by atoms with Crippen molar-refractivity contribution in [2.75, 3.05) is 33.9 Å². The number of phenolic OH excluding ortho intramolecular Hbond substituents is 3. The SMILES string of the molecule is CCCCCCCCCC(=O)N[C@@H]1[C@@H](O)[C@H](O)[C@@H](CO)O[C@H]1N(CCOc1c2cc3cc1Oc1ccc(cc1Cl)[C@@H](O)[C@@H](NC(=O)[C@@H](CC(C)C)NC)C(=O)N[C@@H](CC(N)=O)C(=O)N[C@H]3C(=O)N[C@H]1C(=O)N[C@H](C(=O)N[C@@H](C(=O)O)c3cc(O)cc(O)c3-c3cc1ccc3O)[C@H](O)c1ccc(c(Cl)c1)O2)OC. The first-order chi connectivity index (χ1) is 50.9. The van der Waals surface area contributed by atoms with Crippen molar-refractivity contribution in [3.8, 4) is 57.1 Å². The molecule has 0 aliphatic carbocycles. The summed E-state index contributed by atoms with van der Waals surface area (Å²) in [4.78, 5) is 136. The molecule has 6 aliphatic rings. The number of hydroxylamine groups is 2. The number of fused-ring (bicyclic) bond motifs is 15. The van der Waals surface area contributed by atoms with E-state index in [-0.39, 0.29) is 57.0 Å². The summed E-state index contributed by atoms with van der Waals surface area (Å²) in [7, 11) is 2.70. The Bertz CT molecular complexity index is 4140. The number of aliphatic carboxylic acids is 1. The lowest BCUT2D eigenvalue weighted by atomic mass is 9.89. The first-order valence-corrected chi connectivity index (χ1v) is 35.4. The Hall–Kier alpha value is -9.65. The van der Waals surface area contributed by atoms with Crippen LogP contribution in [0, 0.1) is 5.92 Å². The molecule has 33 nitrogen and oxygen atoms in total. The third-order valence-corrected chi connectivity index (χ3v) is 19.2. The monoisotopic (exact) mass is 1530 g/mol. The number of benzene rings is 5. The van der Waals surface area contributed by atoms with Crippen molar-refractivity contribution in [1.82, 2.24) is 47.6 Å². The third kappa shape index (κ3) is 19.4. The van der Waals surface area contributed by atoms with E-state index in [2.05, 4.69) is 49.5 Å². The van der Waals surface area contributed by atoms with Gasteiger partial charge in [-0.3, -0.25) is 43.2 Å². The van der Waals surface area contributed by atoms with Gasteiger partial charge in [-0.25, -0.2) is 4.79 Å². The van der Waals surface area contributed by atoms with Gasteiger partial charge in [-0.15, -0.1) is 0 Å². The number of phenols is 3. The smallest absolute Gasteiger partial charge is 0.330 e. The molecule has 6 aliphatic heterocycles. The highest BCUT2D eigenvalue weighted by Gasteiger charge is 2.48. The molecular weight excluding hydrogens is 1440 g/mol. The number of unbranched alkanes of at least 4 members (excludes halogenated alkanes) is 6. The third-order valence-electron chi connectivity index (χ3n) is 18.6. The molecule has 8 amide bonds. The Morgan fingerprint density at radius 3 is 1.88 bits per heavy atom. The highest BCUT2D eigenvalue weighted by atomic mass is 35.5. The maximum absolute atomic E-state index is 16.0. The van der Waals surface area contributed by atoms with Crippen molar-refractivity contribution in [3.63, 3.8) is 0 Å². The van der Waals surface area contributed by atoms with Gasteiger partial charge in [-0.1, -0.05) is 101 Å². The molecule has 19 N–H and O–H groups in total. The Morgan fingerprint density at radius 2 is 1.28 bits per heavy atom. The Kier molecular flexibility index (Phi) is 27.6. The molecule has 5 aromatic carbocycles. The maximum atomic E-state index is 16.0. The van der Waals surface area contributed by atoms with E-state index in [0.29, 0.717) is 6.42 Å². The predicted molar refractivity (Wildman–Crippen MR) is 380 cm³/mol. The Balaban J connectivity index is 1.24. The van der Waals surface area contributed by atoms with E-state index in [1.165, 1.54) is 44.5 Å². The molecule has 0 spiro atoms. The number of carboxylic acids is 1. The highest BCUT2D eigenvalue weighted by Crippen LogP contribution is 2.49. The number of primary amides is 1. The highest BCUT2D eigenvalue weighted by molar-refractivity contribution is 6.32. The second-order valence-corrected chi connectivity index (χ2v) is 27.5. The fraction of sp³-hybridized carbons (Fsp3) is 0.458. The summed E-state index contributed by atoms with van der Waals surface area (Å²) in [6, 6.07) is -1.26. The number of nitrogens with one attached hydrogen (secondary N) is 8. The molecular formula is C72H88Cl2N10O23. The van der Waals surface area contributed by atoms with Crippen molar-refractivity contribution in [3.05, 3.63) is 117 Å². The van der Waals surface area contributed by atoms with Crippen molar-refractivity contribution in [1.29, 1.82) is 0 Å². The number of likely N-dealkylation sites (N-methyl/N-ethyl adjacent to an activating group) is 1. The molecule has 0 aromatic heterocycles. The number of hydrogen-bond donors (Lipinski definition) is 18. The minimum atomic E-state index is -2.27. The predicted octanol–water partition coefficient (Wildman–Crippen LogP) is 3.00. The van der Waals surface area contributed by atoms with E-state index in [9.17, 15) is 74.7 Å². The summed E-state index contributed by atoms with van der Waals surface area (Å²) in [5.41, 5.74) is 3.16. The molecule has 1 saturated heterocycles. The van der Waals surface area contributed by atoms with Crippen LogP contribution in [0.2, 0.25) is 10.0 Å². The fourth-order valence-corrected chi connectivity index (χ4v) is 13.5. The lowest BCUT2D eigenvalue weighted by Gasteiger charge is -2.45. The van der Waals surface area contributed by atoms with Crippen molar-refractivity contribution < 1.29 is 113 Å². The number of rotatable bonds is 24. The average molecular weight is 1530 g/mol. The van der Waals surface area contributed by atoms with Crippen LogP contribution in [0.15, 0.2) is 78.9 Å². The number of nitrogens with zero attached hydrogens (tertiary/aromatic N) is 1. The number of halogens is 2. The molecule has 11 rings (SSSR count). The number of carboxylic acid groups (broad SMARTS) is 1. The van der Waals surface area contributed by atoms with E-state index in [1.807, 2.05) is 13.8 Å². The number of hydrogen-bond acceptors (Lipinski definition) is 24. The lowest BCUT2D eigenvalue weighted by molar-refractivity contribution is -0.305. The normalized spacial score (nSPS) is 24.1. The fourth-order valence-electron chi connectivity index (χ4n) is 13.0. The second-order valence-electron chi connectivity index (χ2n) is 26.7. The number of nitrogens with two attached hydrogens (primary N) is 1. The minimum Gasteiger partial charge on any atom is -0.508 e. The first kappa shape index (κ1) is 81.4. The minimum absolute atomic E-state index is 0.0453. The van der Waals surface area contributed by atoms with E-state index >= 15 is 14.4 Å². The summed E-state index contributed by atoms with van der Waals surface area (Å²) in [5, 5.41) is 123. The number of aromatic hydroxyl groups is 3. The van der Waals surface area contributed by atoms with Gasteiger partial charge in [0.15, 0.2) is 23.8 Å². The number of ether oxygens (including phenoxy) is 4. The standard InChI is InChI=1S/C72H88Cl2N10O23/c1-6-7-8-9-10-11-12-13-52(90)78-59-63(94)62(93)50(31-85)107-71(59)84(103-5)20-21-104-64-48-26-36-27-49(64)106-47-19-16-35(25-41(47)74)61(92)58-70(100)81-56(72(101)102)39-28-37(86)29-45(88)53(39)38-23-33(14-17-44(38)87)54(67(97)83-58)80-68(98)55(36)79-66(96)43(30-51(75)89)77-69(99)57(82-65(95)42(76-4)22-32(2)3)60(91)34-15-18-46(105-48)40(73)24-34/h14-19,23-29,32,42-43,50,54-63,71,76,85-88,91-94H,6-13,20-22,30-31H2,1-5H3,(H2,75,89)(H,77,99)(H,78,90)(H,79,96)(H,80,98)(H,81,100)(H,82,95)(H,83,97)(H,101,102)/t42-,43+,50-,54-,55-,56-,57-,58+,59-,60-,61-,62-,63-,71-/m1/s1. The zero-order chi connectivity index (χ0) is 77.8. The number of carbonyl (C=O) groups is 9. The largest absolute Gasteiger partial charge is 0.508 e. The lowest BCUT2D eigenvalue weighted by Crippen LogP contribution is -2.68. The molecule has 0 saturated carbocycles. The van der Waals surface area contributed by atoms with Gasteiger partial charge in [0.05, 0.1) is 48.8 Å². The van der Waals surface area contributed by atoms with E-state index in [1.54, 1.807) is 0 Å². The molecule has 14 atom stereocenters. The van der Waals surface area contributed by atoms with E-state index in [0.717, 1.165) is 92.1 Å². The molecule has 0 unspecified atom stereocenters. The second kappa shape index (κ2) is 36.3. The van der Waals surface area contributed by atoms with Crippen LogP contribution < -0.4 is 62.5 Å². The first-order valence-electron chi connectivity index (χ1n) is 34.7. The molecule has 5 aromatic rings. The van der Waals surface area contributed by atoms with Gasteiger partial charge in [-0.2, -0.15) is 5.06 Å². The molecule has 35 heteroatoms. The molecule has 578 valence electrons. The summed E-state index contributed by atoms with van der Waals surface area (Å²) in [6.07, 6.45) is -5.00. The number of carbonyl (C=O) groups excluding carboxylic acids is 8. The van der Waals surface area contributed by atoms with Crippen molar-refractivity contribution in [2.24, 2.45) is 11.7 Å². The summed E-state index contributed by atoms with van der Waals surface area (Å²) < 4.78 is 26.0. The Labute approximate surface area is 623 Å². The van der Waals surface area contributed by atoms with Gasteiger partial charge in [-0.05, 0) is 103 Å². The number of amides is 8. The van der Waals surface area contributed by atoms with Gasteiger partial charge < -0.3 is 113 Å². The van der Waals surface area contributed by atoms with Crippen LogP contribution in [0.1, 0.15) is 143 Å². The molecule has 6 heterocycles. The van der Waals surface area contributed by atoms with E-state index in [4.69, 9.17) is 52.7 Å². The molecule has 11 bridgehead atoms. The van der Waals surface area contributed by atoms with Crippen molar-refractivity contribution in [2.45, 2.75) is 170 Å². The van der Waals surface area contributed by atoms with E-state index < -0.39 is 221 Å². The summed E-state index contributed by atoms with van der Waals surface area (Å²) in [5.74, 6) is -15.5. The van der Waals surface area contributed by atoms with Gasteiger partial charge in [0.2, 0.25) is 53.0 Å². The van der Waals surface area contributed by atoms with Crippen molar-refractivity contribution >= 4 is 76.4 Å². The van der Waals surface area contributed by atoms with Gasteiger partial charge in [0.1, 0.15) is 96.1 Å². The topological polar surface area (TPSA) is 507 Å². The number of aliphatic hydroxyl groups is 5. The van der Waals surface area contributed by atoms with Crippen LogP contribution in [0.25, 0.3) is 11.1 Å². The van der Waals surface area contributed by atoms with Gasteiger partial charge >= 0.3 is 5.97 Å². The summed E-state index contributed by atoms with van der Waals surface area (Å²) in [6.45, 7) is 4.02. The van der Waals surface area contributed by atoms with Crippen LogP contribution in [-0.4, -0.2) is 193 Å². The molecule has 0 radical (unpaired) electrons. The zero-order valence-corrected chi connectivity index (χ0v) is 60.4. The average Bonchev–Trinajstić information content (AvgIpc) is 0.768. The maximum Gasteiger partial charge on any atom is 0.330 e. The van der Waals surface area contributed by atoms with Crippen LogP contribution >= 0.6 is 23.2 Å². The molecule has 1 fully saturated rings. The van der Waals surface area contributed by atoms with Gasteiger partial charge in [0, 0.05) is 29.2 Å². The molecule has 107 heavy (non-hydrogen) atoms. The Morgan fingerprint density at radius 1 is 0.673 bits per heavy atom. The van der Waals surface area contributed by atoms with Gasteiger partial charge in [0.25, 0.3) is 0 Å². The number of aliphatic hydroxyl groups excluding tert-OH is 5. The van der Waals surface area contributed by atoms with Crippen LogP contribution in [0.4, 0.5) is 0 Å². The van der Waals surface area contributed by atoms with Crippen LogP contribution in [-0.2, 0) is 52.7 Å². The summed E-state index contributed by atoms with van der Waals surface area (Å²) >= 11 is 14.1. The van der Waals surface area contributed by atoms with Crippen LogP contribution in [0.3, 0.4) is 0 Å². The quantitative estimate of drug-likeness (QED) is 0.0312. The van der Waals surface area contributed by atoms with Crippen LogP contribution in [0.5, 0.6) is 46.0 Å².